The summed E-state index contributed by atoms with van der Waals surface area (Å²) in [7, 11) is 0. The summed E-state index contributed by atoms with van der Waals surface area (Å²) in [5, 5.41) is 4.17. The highest BCUT2D eigenvalue weighted by Gasteiger charge is 2.45. The van der Waals surface area contributed by atoms with E-state index in [9.17, 15) is 4.79 Å². The second kappa shape index (κ2) is 7.48. The lowest BCUT2D eigenvalue weighted by Crippen LogP contribution is -2.60. The van der Waals surface area contributed by atoms with Gasteiger partial charge in [0.15, 0.2) is 0 Å². The Morgan fingerprint density at radius 1 is 1.10 bits per heavy atom. The van der Waals surface area contributed by atoms with Gasteiger partial charge in [-0.05, 0) is 61.3 Å². The second-order valence-electron chi connectivity index (χ2n) is 9.24. The number of hydrogen-bond acceptors (Lipinski definition) is 4. The summed E-state index contributed by atoms with van der Waals surface area (Å²) in [5.74, 6) is 0. The van der Waals surface area contributed by atoms with Crippen molar-refractivity contribution in [1.82, 2.24) is 19.6 Å². The summed E-state index contributed by atoms with van der Waals surface area (Å²) in [5.41, 5.74) is 4.24. The zero-order valence-electron chi connectivity index (χ0n) is 17.4. The van der Waals surface area contributed by atoms with Crippen molar-refractivity contribution in [1.29, 1.82) is 0 Å². The lowest BCUT2D eigenvalue weighted by atomic mass is 9.72. The normalized spacial score (nSPS) is 21.6. The molecule has 154 valence electrons. The molecule has 6 heteroatoms. The first-order chi connectivity index (χ1) is 14.1. The van der Waals surface area contributed by atoms with Gasteiger partial charge in [-0.3, -0.25) is 4.90 Å². The van der Waals surface area contributed by atoms with E-state index in [1.807, 2.05) is 18.0 Å². The van der Waals surface area contributed by atoms with Crippen LogP contribution >= 0.6 is 0 Å². The first-order valence-electron chi connectivity index (χ1n) is 11.0. The van der Waals surface area contributed by atoms with Gasteiger partial charge in [0.05, 0.1) is 6.20 Å². The number of piperidine rings is 1. The number of nitrogens with zero attached hydrogens (tertiary/aromatic N) is 5. The first kappa shape index (κ1) is 18.7. The minimum absolute atomic E-state index is 0.0165. The summed E-state index contributed by atoms with van der Waals surface area (Å²) < 4.78 is 1.48. The molecule has 1 aromatic carbocycles. The Morgan fingerprint density at radius 3 is 2.55 bits per heavy atom. The van der Waals surface area contributed by atoms with Crippen LogP contribution in [0.25, 0.3) is 0 Å². The molecule has 0 unspecified atom stereocenters. The number of anilines is 1. The first-order valence-corrected chi connectivity index (χ1v) is 11.0. The van der Waals surface area contributed by atoms with Gasteiger partial charge >= 0.3 is 6.03 Å². The largest absolute Gasteiger partial charge is 0.372 e. The number of aromatic nitrogens is 2. The SMILES string of the molecule is Cc1cnn(C(=O)N2CCC3(CC2)CN(Cc2cccc(N4CCCC4)c2)C3)c1. The highest BCUT2D eigenvalue weighted by molar-refractivity contribution is 5.76. The Hall–Kier alpha value is -2.34. The molecule has 5 rings (SSSR count). The molecule has 0 bridgehead atoms. The second-order valence-corrected chi connectivity index (χ2v) is 9.24. The highest BCUT2D eigenvalue weighted by Crippen LogP contribution is 2.41. The van der Waals surface area contributed by atoms with Crippen LogP contribution in [0.4, 0.5) is 10.5 Å². The van der Waals surface area contributed by atoms with Gasteiger partial charge in [-0.2, -0.15) is 9.78 Å². The average molecular weight is 394 g/mol. The molecule has 3 saturated heterocycles. The number of carbonyl (C=O) groups excluding carboxylic acids is 1. The number of aryl methyl sites for hydroxylation is 1. The molecule has 4 heterocycles. The average Bonchev–Trinajstić information content (AvgIpc) is 3.39. The van der Waals surface area contributed by atoms with Gasteiger partial charge in [-0.1, -0.05) is 12.1 Å². The van der Waals surface area contributed by atoms with Crippen LogP contribution in [-0.2, 0) is 6.54 Å². The third-order valence-corrected chi connectivity index (χ3v) is 6.91. The molecule has 0 N–H and O–H groups in total. The molecule has 3 fully saturated rings. The summed E-state index contributed by atoms with van der Waals surface area (Å²) in [6.07, 6.45) is 8.39. The van der Waals surface area contributed by atoms with Crippen molar-refractivity contribution in [3.05, 3.63) is 47.8 Å². The molecule has 1 aromatic heterocycles. The van der Waals surface area contributed by atoms with E-state index < -0.39 is 0 Å². The van der Waals surface area contributed by atoms with Crippen molar-refractivity contribution in [3.63, 3.8) is 0 Å². The number of rotatable bonds is 3. The molecule has 3 aliphatic rings. The molecule has 0 atom stereocenters. The highest BCUT2D eigenvalue weighted by atomic mass is 16.2. The van der Waals surface area contributed by atoms with Crippen molar-refractivity contribution in [3.8, 4) is 0 Å². The van der Waals surface area contributed by atoms with Crippen LogP contribution in [0.1, 0.15) is 36.8 Å². The number of benzene rings is 1. The van der Waals surface area contributed by atoms with Gasteiger partial charge in [0, 0.05) is 57.7 Å². The Balaban J connectivity index is 1.13. The van der Waals surface area contributed by atoms with E-state index in [0.717, 1.165) is 51.1 Å². The maximum atomic E-state index is 12.6. The number of likely N-dealkylation sites (tertiary alicyclic amines) is 2. The third-order valence-electron chi connectivity index (χ3n) is 6.91. The fraction of sp³-hybridized carbons (Fsp3) is 0.565. The van der Waals surface area contributed by atoms with E-state index in [4.69, 9.17) is 0 Å². The molecular weight excluding hydrogens is 362 g/mol. The molecule has 29 heavy (non-hydrogen) atoms. The molecule has 2 aromatic rings. The maximum Gasteiger partial charge on any atom is 0.344 e. The van der Waals surface area contributed by atoms with Gasteiger partial charge < -0.3 is 9.80 Å². The van der Waals surface area contributed by atoms with Gasteiger partial charge in [0.1, 0.15) is 0 Å². The molecule has 0 aliphatic carbocycles. The maximum absolute atomic E-state index is 12.6. The van der Waals surface area contributed by atoms with Gasteiger partial charge in [-0.25, -0.2) is 4.79 Å². The van der Waals surface area contributed by atoms with Crippen molar-refractivity contribution in [2.45, 2.75) is 39.2 Å². The fourth-order valence-electron chi connectivity index (χ4n) is 5.25. The van der Waals surface area contributed by atoms with Crippen LogP contribution < -0.4 is 4.90 Å². The monoisotopic (exact) mass is 393 g/mol. The van der Waals surface area contributed by atoms with Crippen LogP contribution in [0.5, 0.6) is 0 Å². The molecule has 1 amide bonds. The van der Waals surface area contributed by atoms with Gasteiger partial charge in [0.2, 0.25) is 0 Å². The van der Waals surface area contributed by atoms with Gasteiger partial charge in [-0.15, -0.1) is 0 Å². The van der Waals surface area contributed by atoms with E-state index in [1.165, 1.54) is 41.9 Å². The standard InChI is InChI=1S/C23H31N5O/c1-19-14-24-28(15-19)22(29)27-11-7-23(8-12-27)17-25(18-23)16-20-5-4-6-21(13-20)26-9-2-3-10-26/h4-6,13-15H,2-3,7-12,16-18H2,1H3. The fourth-order valence-corrected chi connectivity index (χ4v) is 5.25. The Labute approximate surface area is 173 Å². The lowest BCUT2D eigenvalue weighted by molar-refractivity contribution is -0.0443. The third kappa shape index (κ3) is 3.78. The van der Waals surface area contributed by atoms with E-state index in [2.05, 4.69) is 39.2 Å². The number of carbonyl (C=O) groups is 1. The smallest absolute Gasteiger partial charge is 0.344 e. The predicted molar refractivity (Wildman–Crippen MR) is 114 cm³/mol. The quantitative estimate of drug-likeness (QED) is 0.802. The van der Waals surface area contributed by atoms with Crippen LogP contribution in [0.15, 0.2) is 36.7 Å². The molecule has 0 radical (unpaired) electrons. The molecule has 6 nitrogen and oxygen atoms in total. The number of hydrogen-bond donors (Lipinski definition) is 0. The summed E-state index contributed by atoms with van der Waals surface area (Å²) in [4.78, 5) is 19.6. The minimum Gasteiger partial charge on any atom is -0.372 e. The van der Waals surface area contributed by atoms with E-state index >= 15 is 0 Å². The molecule has 3 aliphatic heterocycles. The van der Waals surface area contributed by atoms with Crippen LogP contribution in [-0.4, -0.2) is 64.9 Å². The van der Waals surface area contributed by atoms with Crippen molar-refractivity contribution >= 4 is 11.7 Å². The van der Waals surface area contributed by atoms with Crippen LogP contribution in [0.3, 0.4) is 0 Å². The lowest BCUT2D eigenvalue weighted by Gasteiger charge is -2.54. The van der Waals surface area contributed by atoms with Gasteiger partial charge in [0.25, 0.3) is 0 Å². The van der Waals surface area contributed by atoms with Crippen molar-refractivity contribution in [2.75, 3.05) is 44.2 Å². The minimum atomic E-state index is 0.0165. The van der Waals surface area contributed by atoms with Crippen LogP contribution in [0.2, 0.25) is 0 Å². The Kier molecular flexibility index (Phi) is 4.82. The Morgan fingerprint density at radius 2 is 1.86 bits per heavy atom. The summed E-state index contributed by atoms with van der Waals surface area (Å²) in [6, 6.07) is 9.12. The Bertz CT molecular complexity index is 869. The topological polar surface area (TPSA) is 44.6 Å². The van der Waals surface area contributed by atoms with E-state index in [0.29, 0.717) is 5.41 Å². The summed E-state index contributed by atoms with van der Waals surface area (Å²) >= 11 is 0. The molecule has 1 spiro atoms. The van der Waals surface area contributed by atoms with Crippen LogP contribution in [0, 0.1) is 12.3 Å². The predicted octanol–water partition coefficient (Wildman–Crippen LogP) is 3.36. The summed E-state index contributed by atoms with van der Waals surface area (Å²) in [6.45, 7) is 9.40. The molecular formula is C23H31N5O. The molecule has 0 saturated carbocycles. The zero-order chi connectivity index (χ0) is 19.8. The zero-order valence-corrected chi connectivity index (χ0v) is 17.4. The van der Waals surface area contributed by atoms with E-state index in [1.54, 1.807) is 6.20 Å². The van der Waals surface area contributed by atoms with Crippen molar-refractivity contribution in [2.24, 2.45) is 5.41 Å². The number of amides is 1. The van der Waals surface area contributed by atoms with E-state index in [-0.39, 0.29) is 6.03 Å². The van der Waals surface area contributed by atoms with Crippen molar-refractivity contribution < 1.29 is 4.79 Å².